The summed E-state index contributed by atoms with van der Waals surface area (Å²) >= 11 is 5.70. The molecule has 19 heavy (non-hydrogen) atoms. The minimum atomic E-state index is -4.43. The maximum absolute atomic E-state index is 12.4. The predicted octanol–water partition coefficient (Wildman–Crippen LogP) is 3.34. The van der Waals surface area contributed by atoms with Crippen molar-refractivity contribution in [2.75, 3.05) is 18.8 Å². The van der Waals surface area contributed by atoms with Gasteiger partial charge in [0.2, 0.25) is 0 Å². The Labute approximate surface area is 114 Å². The highest BCUT2D eigenvalue weighted by Crippen LogP contribution is 2.22. The summed E-state index contributed by atoms with van der Waals surface area (Å²) < 4.78 is 37.2. The minimum absolute atomic E-state index is 0.0286. The van der Waals surface area contributed by atoms with Gasteiger partial charge in [-0.2, -0.15) is 13.2 Å². The number of anilines is 1. The molecule has 3 nitrogen and oxygen atoms in total. The summed E-state index contributed by atoms with van der Waals surface area (Å²) in [4.78, 5) is 12.8. The van der Waals surface area contributed by atoms with Gasteiger partial charge in [0, 0.05) is 12.1 Å². The summed E-state index contributed by atoms with van der Waals surface area (Å²) in [5, 5.41) is 0.259. The van der Waals surface area contributed by atoms with Crippen LogP contribution in [0.3, 0.4) is 0 Å². The fourth-order valence-corrected chi connectivity index (χ4v) is 1.72. The SMILES string of the molecule is CCCN(CC(F)(F)F)C(=O)c1ccc(Cl)c(N)c1. The van der Waals surface area contributed by atoms with Crippen molar-refractivity contribution < 1.29 is 18.0 Å². The van der Waals surface area contributed by atoms with E-state index in [4.69, 9.17) is 17.3 Å². The van der Waals surface area contributed by atoms with Crippen molar-refractivity contribution in [1.29, 1.82) is 0 Å². The molecule has 0 radical (unpaired) electrons. The number of amides is 1. The summed E-state index contributed by atoms with van der Waals surface area (Å²) in [7, 11) is 0. The second-order valence-corrected chi connectivity index (χ2v) is 4.49. The third kappa shape index (κ3) is 4.63. The van der Waals surface area contributed by atoms with Gasteiger partial charge in [-0.3, -0.25) is 4.79 Å². The molecular weight excluding hydrogens is 281 g/mol. The maximum atomic E-state index is 12.4. The van der Waals surface area contributed by atoms with E-state index in [1.165, 1.54) is 18.2 Å². The maximum Gasteiger partial charge on any atom is 0.406 e. The molecule has 1 rings (SSSR count). The van der Waals surface area contributed by atoms with Gasteiger partial charge < -0.3 is 10.6 Å². The van der Waals surface area contributed by atoms with Crippen molar-refractivity contribution in [3.05, 3.63) is 28.8 Å². The lowest BCUT2D eigenvalue weighted by molar-refractivity contribution is -0.140. The van der Waals surface area contributed by atoms with E-state index >= 15 is 0 Å². The van der Waals surface area contributed by atoms with Crippen molar-refractivity contribution in [2.45, 2.75) is 19.5 Å². The first-order valence-electron chi connectivity index (χ1n) is 5.65. The van der Waals surface area contributed by atoms with Crippen LogP contribution >= 0.6 is 11.6 Å². The van der Waals surface area contributed by atoms with Crippen molar-refractivity contribution >= 4 is 23.2 Å². The van der Waals surface area contributed by atoms with E-state index in [-0.39, 0.29) is 22.8 Å². The summed E-state index contributed by atoms with van der Waals surface area (Å²) in [5.41, 5.74) is 5.79. The number of rotatable bonds is 4. The monoisotopic (exact) mass is 294 g/mol. The molecule has 1 aromatic carbocycles. The number of benzene rings is 1. The molecule has 106 valence electrons. The van der Waals surface area contributed by atoms with Crippen molar-refractivity contribution in [1.82, 2.24) is 4.90 Å². The molecule has 7 heteroatoms. The van der Waals surface area contributed by atoms with E-state index in [9.17, 15) is 18.0 Å². The number of nitrogen functional groups attached to an aromatic ring is 1. The van der Waals surface area contributed by atoms with E-state index in [0.29, 0.717) is 6.42 Å². The molecule has 0 spiro atoms. The summed E-state index contributed by atoms with van der Waals surface area (Å²) in [6, 6.07) is 4.03. The van der Waals surface area contributed by atoms with Crippen LogP contribution in [0.25, 0.3) is 0 Å². The molecular formula is C12H14ClF3N2O. The molecule has 0 atom stereocenters. The highest BCUT2D eigenvalue weighted by atomic mass is 35.5. The Bertz CT molecular complexity index is 463. The number of carbonyl (C=O) groups is 1. The normalized spacial score (nSPS) is 11.4. The average molecular weight is 295 g/mol. The molecule has 1 amide bonds. The predicted molar refractivity (Wildman–Crippen MR) is 68.1 cm³/mol. The number of alkyl halides is 3. The number of hydrogen-bond acceptors (Lipinski definition) is 2. The van der Waals surface area contributed by atoms with Crippen LogP contribution in [0.1, 0.15) is 23.7 Å². The molecule has 0 bridgehead atoms. The van der Waals surface area contributed by atoms with Gasteiger partial charge in [-0.25, -0.2) is 0 Å². The van der Waals surface area contributed by atoms with Gasteiger partial charge in [0.25, 0.3) is 5.91 Å². The van der Waals surface area contributed by atoms with E-state index < -0.39 is 18.6 Å². The lowest BCUT2D eigenvalue weighted by atomic mass is 10.1. The Morgan fingerprint density at radius 1 is 1.42 bits per heavy atom. The van der Waals surface area contributed by atoms with Crippen LogP contribution in [0, 0.1) is 0 Å². The molecule has 0 aliphatic heterocycles. The lowest BCUT2D eigenvalue weighted by Gasteiger charge is -2.23. The first-order valence-corrected chi connectivity index (χ1v) is 6.03. The Balaban J connectivity index is 2.95. The van der Waals surface area contributed by atoms with Gasteiger partial charge in [-0.1, -0.05) is 18.5 Å². The standard InChI is InChI=1S/C12H14ClF3N2O/c1-2-5-18(7-12(14,15)16)11(19)8-3-4-9(13)10(17)6-8/h3-4,6H,2,5,7,17H2,1H3. The van der Waals surface area contributed by atoms with Crippen molar-refractivity contribution in [3.63, 3.8) is 0 Å². The van der Waals surface area contributed by atoms with Gasteiger partial charge in [0.05, 0.1) is 10.7 Å². The number of carbonyl (C=O) groups excluding carboxylic acids is 1. The van der Waals surface area contributed by atoms with Gasteiger partial charge in [0.1, 0.15) is 6.54 Å². The first-order chi connectivity index (χ1) is 8.74. The number of hydrogen-bond donors (Lipinski definition) is 1. The number of halogens is 4. The Hall–Kier alpha value is -1.43. The molecule has 0 heterocycles. The van der Waals surface area contributed by atoms with Gasteiger partial charge in [-0.15, -0.1) is 0 Å². The molecule has 0 aliphatic rings. The quantitative estimate of drug-likeness (QED) is 0.866. The van der Waals surface area contributed by atoms with Crippen LogP contribution in [-0.2, 0) is 0 Å². The first kappa shape index (κ1) is 15.6. The van der Waals surface area contributed by atoms with Crippen LogP contribution in [0.5, 0.6) is 0 Å². The second kappa shape index (κ2) is 6.14. The highest BCUT2D eigenvalue weighted by molar-refractivity contribution is 6.33. The van der Waals surface area contributed by atoms with Crippen LogP contribution in [0.2, 0.25) is 5.02 Å². The Morgan fingerprint density at radius 2 is 2.05 bits per heavy atom. The zero-order chi connectivity index (χ0) is 14.6. The van der Waals surface area contributed by atoms with Crippen LogP contribution in [0.4, 0.5) is 18.9 Å². The Morgan fingerprint density at radius 3 is 2.53 bits per heavy atom. The zero-order valence-corrected chi connectivity index (χ0v) is 11.1. The molecule has 2 N–H and O–H groups in total. The van der Waals surface area contributed by atoms with E-state index in [0.717, 1.165) is 4.90 Å². The largest absolute Gasteiger partial charge is 0.406 e. The number of nitrogens with zero attached hydrogens (tertiary/aromatic N) is 1. The molecule has 0 aliphatic carbocycles. The summed E-state index contributed by atoms with van der Waals surface area (Å²) in [6.07, 6.45) is -3.99. The molecule has 1 aromatic rings. The lowest BCUT2D eigenvalue weighted by Crippen LogP contribution is -2.39. The van der Waals surface area contributed by atoms with E-state index in [1.807, 2.05) is 0 Å². The topological polar surface area (TPSA) is 46.3 Å². The zero-order valence-electron chi connectivity index (χ0n) is 10.3. The fraction of sp³-hybridized carbons (Fsp3) is 0.417. The number of nitrogens with two attached hydrogens (primary N) is 1. The molecule has 0 saturated heterocycles. The smallest absolute Gasteiger partial charge is 0.398 e. The van der Waals surface area contributed by atoms with Gasteiger partial charge in [-0.05, 0) is 24.6 Å². The van der Waals surface area contributed by atoms with E-state index in [2.05, 4.69) is 0 Å². The third-order valence-electron chi connectivity index (χ3n) is 2.39. The third-order valence-corrected chi connectivity index (χ3v) is 2.74. The van der Waals surface area contributed by atoms with Crippen molar-refractivity contribution in [3.8, 4) is 0 Å². The summed E-state index contributed by atoms with van der Waals surface area (Å²) in [5.74, 6) is -0.706. The van der Waals surface area contributed by atoms with Gasteiger partial charge in [0.15, 0.2) is 0 Å². The molecule has 0 unspecified atom stereocenters. The molecule has 0 aromatic heterocycles. The minimum Gasteiger partial charge on any atom is -0.398 e. The van der Waals surface area contributed by atoms with E-state index in [1.54, 1.807) is 6.92 Å². The Kier molecular flexibility index (Phi) is 5.05. The van der Waals surface area contributed by atoms with Gasteiger partial charge >= 0.3 is 6.18 Å². The summed E-state index contributed by atoms with van der Waals surface area (Å²) in [6.45, 7) is 0.454. The average Bonchev–Trinajstić information content (AvgIpc) is 2.29. The van der Waals surface area contributed by atoms with Crippen LogP contribution in [-0.4, -0.2) is 30.1 Å². The highest BCUT2D eigenvalue weighted by Gasteiger charge is 2.33. The molecule has 0 saturated carbocycles. The van der Waals surface area contributed by atoms with Crippen LogP contribution in [0.15, 0.2) is 18.2 Å². The van der Waals surface area contributed by atoms with Crippen molar-refractivity contribution in [2.24, 2.45) is 0 Å². The second-order valence-electron chi connectivity index (χ2n) is 4.08. The van der Waals surface area contributed by atoms with Crippen LogP contribution < -0.4 is 5.73 Å². The fourth-order valence-electron chi connectivity index (χ4n) is 1.60. The molecule has 0 fully saturated rings.